The number of rotatable bonds is 4. The maximum absolute atomic E-state index is 12.3. The quantitative estimate of drug-likeness (QED) is 0.904. The molecule has 1 aromatic heterocycles. The van der Waals surface area contributed by atoms with Crippen molar-refractivity contribution >= 4 is 27.3 Å². The number of amides is 1. The number of benzene rings is 1. The van der Waals surface area contributed by atoms with Crippen molar-refractivity contribution in [2.24, 2.45) is 0 Å². The van der Waals surface area contributed by atoms with Gasteiger partial charge in [-0.15, -0.1) is 0 Å². The van der Waals surface area contributed by atoms with Crippen molar-refractivity contribution in [2.45, 2.75) is 30.3 Å². The van der Waals surface area contributed by atoms with E-state index in [0.29, 0.717) is 0 Å². The van der Waals surface area contributed by atoms with E-state index in [-0.39, 0.29) is 16.1 Å². The zero-order valence-electron chi connectivity index (χ0n) is 12.9. The Kier molecular flexibility index (Phi) is 4.87. The average Bonchev–Trinajstić information content (AvgIpc) is 2.55. The molecule has 0 saturated carbocycles. The number of aryl methyl sites for hydroxylation is 1. The van der Waals surface area contributed by atoms with Crippen LogP contribution in [-0.4, -0.2) is 25.1 Å². The van der Waals surface area contributed by atoms with E-state index in [1.807, 2.05) is 24.3 Å². The molecule has 24 heavy (non-hydrogen) atoms. The third kappa shape index (κ3) is 3.60. The van der Waals surface area contributed by atoms with Gasteiger partial charge >= 0.3 is 0 Å². The van der Waals surface area contributed by atoms with Crippen molar-refractivity contribution in [3.05, 3.63) is 58.7 Å². The first kappa shape index (κ1) is 16.9. The Hall–Kier alpha value is -1.92. The molecule has 1 aliphatic carbocycles. The largest absolute Gasteiger partial charge is 0.348 e. The fourth-order valence-corrected chi connectivity index (χ4v) is 4.61. The van der Waals surface area contributed by atoms with E-state index in [4.69, 9.17) is 11.6 Å². The lowest BCUT2D eigenvalue weighted by molar-refractivity contribution is -0.119. The molecule has 0 radical (unpaired) electrons. The minimum atomic E-state index is -3.87. The third-order valence-electron chi connectivity index (χ3n) is 4.05. The number of sulfone groups is 1. The summed E-state index contributed by atoms with van der Waals surface area (Å²) in [6.07, 6.45) is 4.08. The van der Waals surface area contributed by atoms with Crippen LogP contribution >= 0.6 is 11.6 Å². The SMILES string of the molecule is O=C(CS(=O)(=O)c1ncccc1Cl)N[C@@H]1CCCc2ccccc21. The number of halogens is 1. The Morgan fingerprint density at radius 1 is 1.25 bits per heavy atom. The molecule has 0 bridgehead atoms. The predicted octanol–water partition coefficient (Wildman–Crippen LogP) is 2.70. The smallest absolute Gasteiger partial charge is 0.236 e. The molecule has 1 N–H and O–H groups in total. The minimum Gasteiger partial charge on any atom is -0.348 e. The van der Waals surface area contributed by atoms with Crippen LogP contribution in [-0.2, 0) is 21.1 Å². The fraction of sp³-hybridized carbons (Fsp3) is 0.294. The predicted molar refractivity (Wildman–Crippen MR) is 91.6 cm³/mol. The summed E-state index contributed by atoms with van der Waals surface area (Å²) in [4.78, 5) is 16.0. The molecule has 3 rings (SSSR count). The van der Waals surface area contributed by atoms with Gasteiger partial charge in [0, 0.05) is 6.20 Å². The first-order chi connectivity index (χ1) is 11.5. The number of hydrogen-bond acceptors (Lipinski definition) is 4. The highest BCUT2D eigenvalue weighted by Gasteiger charge is 2.26. The standard InChI is InChI=1S/C17H17ClN2O3S/c18-14-8-4-10-19-17(14)24(22,23)11-16(21)20-15-9-3-6-12-5-1-2-7-13(12)15/h1-2,4-5,7-8,10,15H,3,6,9,11H2,(H,20,21)/t15-/m1/s1. The highest BCUT2D eigenvalue weighted by Crippen LogP contribution is 2.29. The number of nitrogens with one attached hydrogen (secondary N) is 1. The van der Waals surface area contributed by atoms with Crippen molar-refractivity contribution in [3.63, 3.8) is 0 Å². The third-order valence-corrected chi connectivity index (χ3v) is 6.02. The molecule has 1 amide bonds. The number of hydrogen-bond donors (Lipinski definition) is 1. The van der Waals surface area contributed by atoms with Gasteiger partial charge in [0.2, 0.25) is 15.7 Å². The topological polar surface area (TPSA) is 76.1 Å². The lowest BCUT2D eigenvalue weighted by Crippen LogP contribution is -2.35. The Balaban J connectivity index is 1.74. The van der Waals surface area contributed by atoms with Crippen LogP contribution in [0.2, 0.25) is 5.02 Å². The second-order valence-electron chi connectivity index (χ2n) is 5.76. The van der Waals surface area contributed by atoms with Gasteiger partial charge in [-0.25, -0.2) is 13.4 Å². The first-order valence-electron chi connectivity index (χ1n) is 7.68. The summed E-state index contributed by atoms with van der Waals surface area (Å²) in [6.45, 7) is 0. The molecule has 7 heteroatoms. The monoisotopic (exact) mass is 364 g/mol. The molecule has 0 aliphatic heterocycles. The van der Waals surface area contributed by atoms with Crippen molar-refractivity contribution in [3.8, 4) is 0 Å². The normalized spacial score (nSPS) is 17.1. The van der Waals surface area contributed by atoms with Gasteiger partial charge in [-0.2, -0.15) is 0 Å². The summed E-state index contributed by atoms with van der Waals surface area (Å²) in [5.74, 6) is -1.21. The number of fused-ring (bicyclic) bond motifs is 1. The zero-order chi connectivity index (χ0) is 17.2. The number of pyridine rings is 1. The molecular formula is C17H17ClN2O3S. The van der Waals surface area contributed by atoms with Crippen molar-refractivity contribution in [2.75, 3.05) is 5.75 Å². The van der Waals surface area contributed by atoms with Gasteiger partial charge in [0.15, 0.2) is 5.03 Å². The van der Waals surface area contributed by atoms with Crippen molar-refractivity contribution in [1.29, 1.82) is 0 Å². The van der Waals surface area contributed by atoms with Gasteiger partial charge < -0.3 is 5.32 Å². The summed E-state index contributed by atoms with van der Waals surface area (Å²) in [6, 6.07) is 10.7. The first-order valence-corrected chi connectivity index (χ1v) is 9.71. The highest BCUT2D eigenvalue weighted by atomic mass is 35.5. The van der Waals surface area contributed by atoms with Crippen LogP contribution in [0.3, 0.4) is 0 Å². The van der Waals surface area contributed by atoms with E-state index in [9.17, 15) is 13.2 Å². The maximum atomic E-state index is 12.3. The van der Waals surface area contributed by atoms with Gasteiger partial charge in [0.05, 0.1) is 11.1 Å². The van der Waals surface area contributed by atoms with Gasteiger partial charge in [-0.1, -0.05) is 35.9 Å². The van der Waals surface area contributed by atoms with Gasteiger partial charge in [-0.05, 0) is 42.5 Å². The van der Waals surface area contributed by atoms with E-state index in [1.165, 1.54) is 17.8 Å². The second kappa shape index (κ2) is 6.91. The average molecular weight is 365 g/mol. The van der Waals surface area contributed by atoms with Crippen LogP contribution in [0.25, 0.3) is 0 Å². The highest BCUT2D eigenvalue weighted by molar-refractivity contribution is 7.92. The molecule has 0 saturated heterocycles. The number of nitrogens with zero attached hydrogens (tertiary/aromatic N) is 1. The Labute approximate surface area is 146 Å². The van der Waals surface area contributed by atoms with Gasteiger partial charge in [0.1, 0.15) is 5.75 Å². The molecule has 5 nitrogen and oxygen atoms in total. The van der Waals surface area contributed by atoms with Crippen LogP contribution in [0.1, 0.15) is 30.0 Å². The molecule has 0 fully saturated rings. The lowest BCUT2D eigenvalue weighted by atomic mass is 9.88. The second-order valence-corrected chi connectivity index (χ2v) is 8.07. The molecule has 0 unspecified atom stereocenters. The van der Waals surface area contributed by atoms with Crippen LogP contribution in [0.15, 0.2) is 47.6 Å². The van der Waals surface area contributed by atoms with Crippen LogP contribution in [0.5, 0.6) is 0 Å². The van der Waals surface area contributed by atoms with Gasteiger partial charge in [-0.3, -0.25) is 4.79 Å². The molecule has 126 valence electrons. The Bertz CT molecular complexity index is 868. The molecule has 1 heterocycles. The summed E-state index contributed by atoms with van der Waals surface area (Å²) >= 11 is 5.88. The maximum Gasteiger partial charge on any atom is 0.236 e. The summed E-state index contributed by atoms with van der Waals surface area (Å²) in [5, 5.41) is 2.59. The summed E-state index contributed by atoms with van der Waals surface area (Å²) in [7, 11) is -3.87. The van der Waals surface area contributed by atoms with E-state index in [2.05, 4.69) is 10.3 Å². The number of carbonyl (C=O) groups is 1. The Morgan fingerprint density at radius 3 is 2.83 bits per heavy atom. The molecule has 2 aromatic rings. The molecular weight excluding hydrogens is 348 g/mol. The van der Waals surface area contributed by atoms with Crippen LogP contribution in [0, 0.1) is 0 Å². The fourth-order valence-electron chi connectivity index (χ4n) is 2.98. The summed E-state index contributed by atoms with van der Waals surface area (Å²) in [5.41, 5.74) is 2.26. The van der Waals surface area contributed by atoms with Crippen molar-refractivity contribution in [1.82, 2.24) is 10.3 Å². The van der Waals surface area contributed by atoms with E-state index in [0.717, 1.165) is 24.8 Å². The zero-order valence-corrected chi connectivity index (χ0v) is 14.5. The van der Waals surface area contributed by atoms with Crippen LogP contribution in [0.4, 0.5) is 0 Å². The Morgan fingerprint density at radius 2 is 2.04 bits per heavy atom. The van der Waals surface area contributed by atoms with Crippen molar-refractivity contribution < 1.29 is 13.2 Å². The van der Waals surface area contributed by atoms with Gasteiger partial charge in [0.25, 0.3) is 0 Å². The number of aromatic nitrogens is 1. The minimum absolute atomic E-state index is 0.0216. The van der Waals surface area contributed by atoms with Crippen LogP contribution < -0.4 is 5.32 Å². The molecule has 1 aromatic carbocycles. The number of carbonyl (C=O) groups excluding carboxylic acids is 1. The molecule has 1 aliphatic rings. The van der Waals surface area contributed by atoms with E-state index < -0.39 is 21.5 Å². The summed E-state index contributed by atoms with van der Waals surface area (Å²) < 4.78 is 24.7. The molecule has 1 atom stereocenters. The lowest BCUT2D eigenvalue weighted by Gasteiger charge is -2.26. The van der Waals surface area contributed by atoms with E-state index in [1.54, 1.807) is 6.07 Å². The molecule has 0 spiro atoms. The van der Waals surface area contributed by atoms with E-state index >= 15 is 0 Å².